The topological polar surface area (TPSA) is 45.1 Å². The molecule has 1 aromatic carbocycles. The normalized spacial score (nSPS) is 27.2. The summed E-state index contributed by atoms with van der Waals surface area (Å²) in [7, 11) is 0. The molecule has 0 radical (unpaired) electrons. The van der Waals surface area contributed by atoms with Gasteiger partial charge in [-0.15, -0.1) is 0 Å². The molecule has 4 rings (SSSR count). The Hall–Kier alpha value is -1.72. The van der Waals surface area contributed by atoms with E-state index in [1.54, 1.807) is 0 Å². The van der Waals surface area contributed by atoms with E-state index in [1.165, 1.54) is 12.0 Å². The maximum atomic E-state index is 14.1. The Morgan fingerprint density at radius 3 is 2.24 bits per heavy atom. The minimum atomic E-state index is -0.357. The van der Waals surface area contributed by atoms with Gasteiger partial charge in [0.15, 0.2) is 0 Å². The molecule has 5 heteroatoms. The zero-order valence-corrected chi connectivity index (χ0v) is 18.4. The van der Waals surface area contributed by atoms with Crippen LogP contribution in [0.1, 0.15) is 58.4 Å². The summed E-state index contributed by atoms with van der Waals surface area (Å²) in [5.74, 6) is 1.19. The van der Waals surface area contributed by atoms with Gasteiger partial charge in [-0.3, -0.25) is 19.6 Å². The van der Waals surface area contributed by atoms with Crippen LogP contribution in [-0.4, -0.2) is 54.5 Å². The van der Waals surface area contributed by atoms with Crippen molar-refractivity contribution in [3.63, 3.8) is 0 Å². The molecule has 2 aliphatic heterocycles. The van der Waals surface area contributed by atoms with Crippen molar-refractivity contribution in [2.24, 2.45) is 10.4 Å². The number of amidine groups is 1. The zero-order valence-electron chi connectivity index (χ0n) is 18.4. The monoisotopic (exact) mass is 397 g/mol. The van der Waals surface area contributed by atoms with Gasteiger partial charge in [0.1, 0.15) is 5.84 Å². The average molecular weight is 398 g/mol. The Bertz CT molecular complexity index is 766. The van der Waals surface area contributed by atoms with Crippen molar-refractivity contribution >= 4 is 17.4 Å². The number of ether oxygens (including phenoxy) is 1. The number of benzene rings is 1. The summed E-state index contributed by atoms with van der Waals surface area (Å²) in [6.07, 6.45) is 5.38. The molecule has 1 aromatic rings. The number of aryl methyl sites for hydroxylation is 1. The van der Waals surface area contributed by atoms with Gasteiger partial charge in [-0.2, -0.15) is 0 Å². The predicted octanol–water partition coefficient (Wildman–Crippen LogP) is 4.19. The minimum Gasteiger partial charge on any atom is -0.379 e. The quantitative estimate of drug-likeness (QED) is 0.752. The molecule has 0 aromatic heterocycles. The van der Waals surface area contributed by atoms with Crippen molar-refractivity contribution in [1.82, 2.24) is 4.90 Å². The molecule has 2 heterocycles. The fourth-order valence-electron chi connectivity index (χ4n) is 5.23. The first kappa shape index (κ1) is 20.5. The van der Waals surface area contributed by atoms with Gasteiger partial charge in [0.05, 0.1) is 35.9 Å². The van der Waals surface area contributed by atoms with Crippen LogP contribution in [0.4, 0.5) is 5.69 Å². The van der Waals surface area contributed by atoms with Crippen LogP contribution in [0.5, 0.6) is 0 Å². The van der Waals surface area contributed by atoms with Crippen molar-refractivity contribution in [2.45, 2.75) is 71.4 Å². The molecular formula is C24H35N3O2. The molecule has 1 saturated carbocycles. The highest BCUT2D eigenvalue weighted by Crippen LogP contribution is 2.49. The predicted molar refractivity (Wildman–Crippen MR) is 118 cm³/mol. The molecule has 1 spiro atoms. The van der Waals surface area contributed by atoms with E-state index in [0.717, 1.165) is 63.5 Å². The van der Waals surface area contributed by atoms with Gasteiger partial charge in [-0.05, 0) is 52.7 Å². The lowest BCUT2D eigenvalue weighted by Gasteiger charge is -2.42. The molecular weight excluding hydrogens is 362 g/mol. The number of rotatable bonds is 2. The number of anilines is 1. The van der Waals surface area contributed by atoms with Crippen LogP contribution in [0.25, 0.3) is 0 Å². The van der Waals surface area contributed by atoms with Crippen LogP contribution < -0.4 is 4.90 Å². The van der Waals surface area contributed by atoms with E-state index in [2.05, 4.69) is 56.9 Å². The second kappa shape index (κ2) is 7.84. The van der Waals surface area contributed by atoms with Gasteiger partial charge < -0.3 is 4.74 Å². The van der Waals surface area contributed by atoms with Crippen molar-refractivity contribution < 1.29 is 9.53 Å². The molecule has 1 amide bonds. The third-order valence-electron chi connectivity index (χ3n) is 6.52. The van der Waals surface area contributed by atoms with Crippen LogP contribution in [0.15, 0.2) is 29.3 Å². The number of hydrogen-bond donors (Lipinski definition) is 0. The maximum absolute atomic E-state index is 14.1. The summed E-state index contributed by atoms with van der Waals surface area (Å²) in [5, 5.41) is 0. The summed E-state index contributed by atoms with van der Waals surface area (Å²) in [5.41, 5.74) is 1.55. The van der Waals surface area contributed by atoms with Crippen molar-refractivity contribution in [3.05, 3.63) is 29.8 Å². The molecule has 0 unspecified atom stereocenters. The Morgan fingerprint density at radius 1 is 1.03 bits per heavy atom. The first-order valence-corrected chi connectivity index (χ1v) is 11.1. The van der Waals surface area contributed by atoms with Gasteiger partial charge in [0.2, 0.25) is 5.91 Å². The summed E-state index contributed by atoms with van der Waals surface area (Å²) in [6.45, 7) is 11.6. The molecule has 29 heavy (non-hydrogen) atoms. The molecule has 3 aliphatic rings. The number of morpholine rings is 1. The first-order valence-electron chi connectivity index (χ1n) is 11.1. The lowest BCUT2D eigenvalue weighted by atomic mass is 9.69. The van der Waals surface area contributed by atoms with Crippen LogP contribution in [0.3, 0.4) is 0 Å². The van der Waals surface area contributed by atoms with Gasteiger partial charge in [0, 0.05) is 13.1 Å². The van der Waals surface area contributed by atoms with Crippen molar-refractivity contribution in [2.75, 3.05) is 31.2 Å². The Morgan fingerprint density at radius 2 is 1.66 bits per heavy atom. The fraction of sp³-hybridized carbons (Fsp3) is 0.667. The van der Waals surface area contributed by atoms with E-state index in [4.69, 9.17) is 9.73 Å². The summed E-state index contributed by atoms with van der Waals surface area (Å²) < 4.78 is 5.64. The van der Waals surface area contributed by atoms with E-state index < -0.39 is 0 Å². The van der Waals surface area contributed by atoms with Gasteiger partial charge in [-0.1, -0.05) is 37.0 Å². The molecule has 5 nitrogen and oxygen atoms in total. The second-order valence-electron chi connectivity index (χ2n) is 9.88. The lowest BCUT2D eigenvalue weighted by molar-refractivity contribution is -0.130. The zero-order chi connectivity index (χ0) is 20.6. The van der Waals surface area contributed by atoms with Crippen LogP contribution in [0.2, 0.25) is 0 Å². The maximum Gasteiger partial charge on any atom is 0.240 e. The van der Waals surface area contributed by atoms with Gasteiger partial charge in [0.25, 0.3) is 0 Å². The first-order chi connectivity index (χ1) is 13.8. The third kappa shape index (κ3) is 3.87. The second-order valence-corrected chi connectivity index (χ2v) is 9.88. The Kier molecular flexibility index (Phi) is 5.56. The summed E-state index contributed by atoms with van der Waals surface area (Å²) in [6, 6.07) is 8.37. The Balaban J connectivity index is 1.86. The summed E-state index contributed by atoms with van der Waals surface area (Å²) in [4.78, 5) is 23.7. The largest absolute Gasteiger partial charge is 0.379 e. The highest BCUT2D eigenvalue weighted by molar-refractivity contribution is 6.27. The highest BCUT2D eigenvalue weighted by Gasteiger charge is 2.60. The number of hydrogen-bond acceptors (Lipinski definition) is 4. The molecule has 2 saturated heterocycles. The van der Waals surface area contributed by atoms with E-state index in [-0.39, 0.29) is 22.9 Å². The molecule has 3 fully saturated rings. The Labute approximate surface area is 175 Å². The van der Waals surface area contributed by atoms with Gasteiger partial charge >= 0.3 is 0 Å². The van der Waals surface area contributed by atoms with E-state index in [0.29, 0.717) is 0 Å². The molecule has 1 atom stereocenters. The number of carbonyl (C=O) groups excluding carboxylic acids is 1. The molecule has 0 N–H and O–H groups in total. The number of aliphatic imine (C=N–C) groups is 1. The number of carbonyl (C=O) groups is 1. The SMILES string of the molecule is Cc1ccc(N2C(=O)C3(CCCCC3)[C@H](N3CCOCC3)C2=NC(C)(C)C)cc1. The van der Waals surface area contributed by atoms with Gasteiger partial charge in [-0.25, -0.2) is 0 Å². The smallest absolute Gasteiger partial charge is 0.240 e. The van der Waals surface area contributed by atoms with Crippen LogP contribution >= 0.6 is 0 Å². The van der Waals surface area contributed by atoms with Crippen molar-refractivity contribution in [3.8, 4) is 0 Å². The van der Waals surface area contributed by atoms with E-state index in [9.17, 15) is 4.79 Å². The number of nitrogens with zero attached hydrogens (tertiary/aromatic N) is 3. The third-order valence-corrected chi connectivity index (χ3v) is 6.52. The molecule has 0 bridgehead atoms. The fourth-order valence-corrected chi connectivity index (χ4v) is 5.23. The van der Waals surface area contributed by atoms with Crippen molar-refractivity contribution in [1.29, 1.82) is 0 Å². The highest BCUT2D eigenvalue weighted by atomic mass is 16.5. The average Bonchev–Trinajstić information content (AvgIpc) is 2.90. The molecule has 158 valence electrons. The van der Waals surface area contributed by atoms with E-state index in [1.807, 2.05) is 4.90 Å². The minimum absolute atomic E-state index is 0.0414. The molecule has 1 aliphatic carbocycles. The van der Waals surface area contributed by atoms with Crippen LogP contribution in [-0.2, 0) is 9.53 Å². The number of amides is 1. The standard InChI is InChI=1S/C24H35N3O2/c1-18-8-10-19(11-9-18)27-21(25-23(2,3)4)20(26-14-16-29-17-15-26)24(22(27)28)12-6-5-7-13-24/h8-11,20H,5-7,12-17H2,1-4H3/t20-/m1/s1. The van der Waals surface area contributed by atoms with E-state index >= 15 is 0 Å². The van der Waals surface area contributed by atoms with Crippen LogP contribution in [0, 0.1) is 12.3 Å². The summed E-state index contributed by atoms with van der Waals surface area (Å²) >= 11 is 0. The lowest BCUT2D eigenvalue weighted by Crippen LogP contribution is -2.54.